The molecule has 0 saturated heterocycles. The molecule has 0 aromatic carbocycles. The van der Waals surface area contributed by atoms with Gasteiger partial charge in [-0.05, 0) is 36.9 Å². The van der Waals surface area contributed by atoms with Crippen molar-refractivity contribution >= 4 is 11.9 Å². The van der Waals surface area contributed by atoms with E-state index in [1.165, 1.54) is 32.1 Å². The summed E-state index contributed by atoms with van der Waals surface area (Å²) in [5, 5.41) is 1.07. The minimum absolute atomic E-state index is 0.691. The van der Waals surface area contributed by atoms with Crippen LogP contribution in [0.1, 0.15) is 32.1 Å². The lowest BCUT2D eigenvalue weighted by atomic mass is 9.96. The summed E-state index contributed by atoms with van der Waals surface area (Å²) in [6, 6.07) is 6.71. The van der Waals surface area contributed by atoms with Gasteiger partial charge < -0.3 is 0 Å². The third kappa shape index (κ3) is 3.00. The van der Waals surface area contributed by atoms with Crippen molar-refractivity contribution in [2.75, 3.05) is 0 Å². The van der Waals surface area contributed by atoms with Crippen LogP contribution in [0.5, 0.6) is 0 Å². The summed E-state index contributed by atoms with van der Waals surface area (Å²) >= 11 is 1.67. The maximum atomic E-state index is 4.26. The van der Waals surface area contributed by atoms with Crippen LogP contribution in [0.2, 0.25) is 0 Å². The van der Waals surface area contributed by atoms with Crippen LogP contribution in [-0.4, -0.2) is 11.0 Å². The highest BCUT2D eigenvalue weighted by atomic mass is 32.2. The van der Waals surface area contributed by atoms with E-state index in [1.54, 1.807) is 11.9 Å². The molecule has 1 saturated carbocycles. The molecule has 0 unspecified atom stereocenters. The molecular weight excluding hydrogens is 192 g/mol. The van der Waals surface area contributed by atoms with Crippen molar-refractivity contribution in [1.29, 1.82) is 0 Å². The molecule has 0 radical (unpaired) electrons. The summed E-state index contributed by atoms with van der Waals surface area (Å²) in [6.45, 7) is 0. The van der Waals surface area contributed by atoms with Gasteiger partial charge in [0.25, 0.3) is 0 Å². The van der Waals surface area contributed by atoms with Gasteiger partial charge in [0.05, 0.1) is 0 Å². The molecule has 3 heteroatoms. The molecule has 1 aromatic rings. The fourth-order valence-corrected chi connectivity index (χ4v) is 2.55. The van der Waals surface area contributed by atoms with E-state index in [2.05, 4.69) is 9.71 Å². The van der Waals surface area contributed by atoms with E-state index < -0.39 is 0 Å². The smallest absolute Gasteiger partial charge is 0.111 e. The molecule has 1 N–H and O–H groups in total. The quantitative estimate of drug-likeness (QED) is 0.773. The zero-order valence-corrected chi connectivity index (χ0v) is 9.09. The molecule has 0 atom stereocenters. The third-order valence-corrected chi connectivity index (χ3v) is 3.47. The van der Waals surface area contributed by atoms with E-state index in [-0.39, 0.29) is 0 Å². The Morgan fingerprint density at radius 3 is 2.79 bits per heavy atom. The van der Waals surface area contributed by atoms with Crippen LogP contribution in [0.25, 0.3) is 0 Å². The highest BCUT2D eigenvalue weighted by Gasteiger charge is 2.12. The van der Waals surface area contributed by atoms with Crippen molar-refractivity contribution < 1.29 is 0 Å². The van der Waals surface area contributed by atoms with Crippen LogP contribution >= 0.6 is 11.9 Å². The molecule has 76 valence electrons. The first-order valence-corrected chi connectivity index (χ1v) is 6.10. The molecule has 1 heterocycles. The fourth-order valence-electron chi connectivity index (χ4n) is 1.77. The van der Waals surface area contributed by atoms with Crippen molar-refractivity contribution in [3.63, 3.8) is 0 Å². The summed E-state index contributed by atoms with van der Waals surface area (Å²) in [6.07, 6.45) is 8.64. The summed E-state index contributed by atoms with van der Waals surface area (Å²) in [5.74, 6) is 0. The van der Waals surface area contributed by atoms with Crippen LogP contribution in [0, 0.1) is 0 Å². The monoisotopic (exact) mass is 208 g/mol. The summed E-state index contributed by atoms with van der Waals surface area (Å²) in [4.78, 5) is 4.26. The lowest BCUT2D eigenvalue weighted by Crippen LogP contribution is -2.25. The predicted molar refractivity (Wildman–Crippen MR) is 60.1 cm³/mol. The maximum absolute atomic E-state index is 4.26. The maximum Gasteiger partial charge on any atom is 0.111 e. The number of nitrogens with zero attached hydrogens (tertiary/aromatic N) is 1. The van der Waals surface area contributed by atoms with Crippen molar-refractivity contribution in [2.24, 2.45) is 0 Å². The summed E-state index contributed by atoms with van der Waals surface area (Å²) in [5.41, 5.74) is 0. The molecule has 1 fully saturated rings. The topological polar surface area (TPSA) is 24.9 Å². The third-order valence-electron chi connectivity index (χ3n) is 2.57. The normalized spacial score (nSPS) is 18.3. The van der Waals surface area contributed by atoms with Crippen molar-refractivity contribution in [3.8, 4) is 0 Å². The lowest BCUT2D eigenvalue weighted by molar-refractivity contribution is 0.423. The van der Waals surface area contributed by atoms with Gasteiger partial charge in [0.2, 0.25) is 0 Å². The first-order chi connectivity index (χ1) is 6.95. The van der Waals surface area contributed by atoms with E-state index >= 15 is 0 Å². The minimum Gasteiger partial charge on any atom is -0.255 e. The molecule has 14 heavy (non-hydrogen) atoms. The van der Waals surface area contributed by atoms with Gasteiger partial charge >= 0.3 is 0 Å². The van der Waals surface area contributed by atoms with E-state index in [0.29, 0.717) is 6.04 Å². The minimum atomic E-state index is 0.691. The first kappa shape index (κ1) is 9.99. The Labute approximate surface area is 89.6 Å². The molecule has 2 rings (SSSR count). The van der Waals surface area contributed by atoms with Crippen LogP contribution in [0.4, 0.5) is 0 Å². The van der Waals surface area contributed by atoms with E-state index in [4.69, 9.17) is 0 Å². The van der Waals surface area contributed by atoms with Gasteiger partial charge in [0.15, 0.2) is 0 Å². The Hall–Kier alpha value is -0.540. The average Bonchev–Trinajstić information content (AvgIpc) is 2.29. The fraction of sp³-hybridized carbons (Fsp3) is 0.545. The van der Waals surface area contributed by atoms with E-state index in [0.717, 1.165) is 5.03 Å². The Balaban J connectivity index is 1.76. The van der Waals surface area contributed by atoms with Crippen molar-refractivity contribution in [2.45, 2.75) is 43.2 Å². The van der Waals surface area contributed by atoms with Gasteiger partial charge in [-0.25, -0.2) is 4.98 Å². The van der Waals surface area contributed by atoms with Gasteiger partial charge in [-0.1, -0.05) is 25.3 Å². The molecule has 0 spiro atoms. The summed E-state index contributed by atoms with van der Waals surface area (Å²) < 4.78 is 3.49. The highest BCUT2D eigenvalue weighted by molar-refractivity contribution is 7.97. The number of aromatic nitrogens is 1. The number of rotatable bonds is 3. The predicted octanol–water partition coefficient (Wildman–Crippen LogP) is 3.01. The standard InChI is InChI=1S/C11H16N2S/c1-2-6-10(7-3-1)13-14-11-8-4-5-9-12-11/h4-5,8-10,13H,1-3,6-7H2. The molecule has 0 bridgehead atoms. The second-order valence-corrected chi connectivity index (χ2v) is 4.58. The Morgan fingerprint density at radius 2 is 2.07 bits per heavy atom. The molecule has 0 aliphatic heterocycles. The van der Waals surface area contributed by atoms with Gasteiger partial charge in [0.1, 0.15) is 5.03 Å². The average molecular weight is 208 g/mol. The molecule has 1 aromatic heterocycles. The van der Waals surface area contributed by atoms with Crippen LogP contribution in [-0.2, 0) is 0 Å². The van der Waals surface area contributed by atoms with Crippen molar-refractivity contribution in [1.82, 2.24) is 9.71 Å². The second-order valence-electron chi connectivity index (χ2n) is 3.72. The Morgan fingerprint density at radius 1 is 1.21 bits per heavy atom. The van der Waals surface area contributed by atoms with Gasteiger partial charge in [-0.3, -0.25) is 4.72 Å². The van der Waals surface area contributed by atoms with Crippen LogP contribution < -0.4 is 4.72 Å². The zero-order valence-electron chi connectivity index (χ0n) is 8.28. The molecule has 0 amide bonds. The van der Waals surface area contributed by atoms with Crippen molar-refractivity contribution in [3.05, 3.63) is 24.4 Å². The summed E-state index contributed by atoms with van der Waals surface area (Å²) in [7, 11) is 0. The number of nitrogens with one attached hydrogen (secondary N) is 1. The highest BCUT2D eigenvalue weighted by Crippen LogP contribution is 2.21. The molecule has 1 aliphatic carbocycles. The number of pyridine rings is 1. The number of hydrogen-bond acceptors (Lipinski definition) is 3. The van der Waals surface area contributed by atoms with E-state index in [9.17, 15) is 0 Å². The van der Waals surface area contributed by atoms with Gasteiger partial charge in [-0.2, -0.15) is 0 Å². The van der Waals surface area contributed by atoms with E-state index in [1.807, 2.05) is 24.4 Å². The molecular formula is C11H16N2S. The Bertz CT molecular complexity index is 257. The first-order valence-electron chi connectivity index (χ1n) is 5.28. The van der Waals surface area contributed by atoms with Crippen LogP contribution in [0.3, 0.4) is 0 Å². The zero-order chi connectivity index (χ0) is 9.64. The molecule has 2 nitrogen and oxygen atoms in total. The largest absolute Gasteiger partial charge is 0.255 e. The van der Waals surface area contributed by atoms with Gasteiger partial charge in [0, 0.05) is 12.2 Å². The van der Waals surface area contributed by atoms with Crippen LogP contribution in [0.15, 0.2) is 29.4 Å². The second kappa shape index (κ2) is 5.37. The SMILES string of the molecule is c1ccc(SNC2CCCCC2)nc1. The molecule has 1 aliphatic rings. The lowest BCUT2D eigenvalue weighted by Gasteiger charge is -2.21. The number of hydrogen-bond donors (Lipinski definition) is 1. The van der Waals surface area contributed by atoms with Gasteiger partial charge in [-0.15, -0.1) is 0 Å². The Kier molecular flexibility index (Phi) is 3.83.